The first kappa shape index (κ1) is 14.8. The number of β-lactam (4-membered cyclic amide) rings is 1. The fourth-order valence-corrected chi connectivity index (χ4v) is 4.70. The van der Waals surface area contributed by atoms with Crippen molar-refractivity contribution < 1.29 is 14.3 Å². The van der Waals surface area contributed by atoms with E-state index >= 15 is 0 Å². The van der Waals surface area contributed by atoms with Crippen LogP contribution in [0.1, 0.15) is 17.3 Å². The van der Waals surface area contributed by atoms with Crippen molar-refractivity contribution in [3.05, 3.63) is 47.2 Å². The third-order valence-corrected chi connectivity index (χ3v) is 6.38. The minimum Gasteiger partial charge on any atom is -0.368 e. The molecule has 110 valence electrons. The van der Waals surface area contributed by atoms with Gasteiger partial charge in [0.1, 0.15) is 5.37 Å². The van der Waals surface area contributed by atoms with Gasteiger partial charge in [0.05, 0.1) is 9.86 Å². The third-order valence-electron chi connectivity index (χ3n) is 3.71. The number of hydrogen-bond acceptors (Lipinski definition) is 4. The van der Waals surface area contributed by atoms with Crippen molar-refractivity contribution in [3.8, 4) is 0 Å². The van der Waals surface area contributed by atoms with Crippen molar-refractivity contribution in [2.24, 2.45) is 0 Å². The number of alkyl halides is 1. The standard InChI is InChI=1S/C15H14BrNO3S/c1-8-10(11(18)9-6-4-3-5-7-9)17-14(19)12(20-2)15(17)21-13(8)16/h3-7,12-13,15H,1-2H3/t12?,13?,15-/m0/s1. The zero-order chi connectivity index (χ0) is 15.1. The highest BCUT2D eigenvalue weighted by Gasteiger charge is 2.55. The highest BCUT2D eigenvalue weighted by atomic mass is 79.9. The summed E-state index contributed by atoms with van der Waals surface area (Å²) in [6.45, 7) is 1.88. The molecule has 1 saturated heterocycles. The van der Waals surface area contributed by atoms with Crippen LogP contribution in [0.5, 0.6) is 0 Å². The molecule has 1 amide bonds. The molecule has 3 atom stereocenters. The number of fused-ring (bicyclic) bond motifs is 1. The number of allylic oxidation sites excluding steroid dienone is 1. The lowest BCUT2D eigenvalue weighted by molar-refractivity contribution is -0.158. The van der Waals surface area contributed by atoms with Crippen molar-refractivity contribution >= 4 is 39.4 Å². The number of Topliss-reactive ketones (excluding diaryl/α,β-unsaturated/α-hetero) is 1. The lowest BCUT2D eigenvalue weighted by Gasteiger charge is -2.50. The highest BCUT2D eigenvalue weighted by Crippen LogP contribution is 2.47. The summed E-state index contributed by atoms with van der Waals surface area (Å²) >= 11 is 5.16. The monoisotopic (exact) mass is 367 g/mol. The average Bonchev–Trinajstić information content (AvgIpc) is 2.51. The number of methoxy groups -OCH3 is 1. The smallest absolute Gasteiger partial charge is 0.260 e. The predicted octanol–water partition coefficient (Wildman–Crippen LogP) is 2.79. The summed E-state index contributed by atoms with van der Waals surface area (Å²) in [5.41, 5.74) is 1.93. The van der Waals surface area contributed by atoms with Crippen LogP contribution in [0.4, 0.5) is 0 Å². The summed E-state index contributed by atoms with van der Waals surface area (Å²) in [6.07, 6.45) is -0.471. The minimum absolute atomic E-state index is 0.00663. The molecule has 6 heteroatoms. The molecule has 4 nitrogen and oxygen atoms in total. The largest absolute Gasteiger partial charge is 0.368 e. The Kier molecular flexibility index (Phi) is 3.94. The Labute approximate surface area is 135 Å². The molecule has 2 aliphatic heterocycles. The molecule has 0 radical (unpaired) electrons. The van der Waals surface area contributed by atoms with E-state index in [2.05, 4.69) is 15.9 Å². The van der Waals surface area contributed by atoms with E-state index < -0.39 is 6.10 Å². The molecule has 0 saturated carbocycles. The maximum absolute atomic E-state index is 12.8. The molecule has 3 rings (SSSR count). The normalized spacial score (nSPS) is 28.2. The Morgan fingerprint density at radius 1 is 1.33 bits per heavy atom. The Hall–Kier alpha value is -1.11. The first-order valence-corrected chi connectivity index (χ1v) is 8.38. The zero-order valence-corrected chi connectivity index (χ0v) is 14.0. The van der Waals surface area contributed by atoms with Gasteiger partial charge in [0.25, 0.3) is 5.91 Å². The zero-order valence-electron chi connectivity index (χ0n) is 11.6. The Bertz CT molecular complexity index is 631. The van der Waals surface area contributed by atoms with Crippen LogP contribution >= 0.6 is 27.7 Å². The number of benzene rings is 1. The van der Waals surface area contributed by atoms with Gasteiger partial charge < -0.3 is 4.74 Å². The van der Waals surface area contributed by atoms with E-state index in [0.717, 1.165) is 5.57 Å². The number of carbonyl (C=O) groups is 2. The second-order valence-electron chi connectivity index (χ2n) is 4.93. The summed E-state index contributed by atoms with van der Waals surface area (Å²) in [6, 6.07) is 9.03. The van der Waals surface area contributed by atoms with E-state index in [1.54, 1.807) is 28.8 Å². The highest BCUT2D eigenvalue weighted by molar-refractivity contribution is 9.11. The van der Waals surface area contributed by atoms with Crippen LogP contribution in [0.15, 0.2) is 41.6 Å². The minimum atomic E-state index is -0.471. The quantitative estimate of drug-likeness (QED) is 0.468. The second kappa shape index (κ2) is 5.59. The van der Waals surface area contributed by atoms with Gasteiger partial charge in [0.2, 0.25) is 5.78 Å². The van der Waals surface area contributed by atoms with Gasteiger partial charge in [-0.15, -0.1) is 11.8 Å². The van der Waals surface area contributed by atoms with E-state index in [9.17, 15) is 9.59 Å². The maximum atomic E-state index is 12.8. The molecule has 2 unspecified atom stereocenters. The van der Waals surface area contributed by atoms with Crippen molar-refractivity contribution in [3.63, 3.8) is 0 Å². The topological polar surface area (TPSA) is 46.6 Å². The van der Waals surface area contributed by atoms with Gasteiger partial charge in [0.15, 0.2) is 6.10 Å². The number of amides is 1. The van der Waals surface area contributed by atoms with Crippen LogP contribution in [-0.4, -0.2) is 39.3 Å². The van der Waals surface area contributed by atoms with Crippen LogP contribution < -0.4 is 0 Å². The van der Waals surface area contributed by atoms with Crippen LogP contribution in [0.3, 0.4) is 0 Å². The van der Waals surface area contributed by atoms with Crippen molar-refractivity contribution in [2.75, 3.05) is 7.11 Å². The van der Waals surface area contributed by atoms with Gasteiger partial charge in [-0.2, -0.15) is 0 Å². The molecular weight excluding hydrogens is 354 g/mol. The molecule has 1 aromatic rings. The van der Waals surface area contributed by atoms with Crippen molar-refractivity contribution in [1.29, 1.82) is 0 Å². The molecule has 0 bridgehead atoms. The average molecular weight is 368 g/mol. The Morgan fingerprint density at radius 3 is 2.62 bits per heavy atom. The molecule has 0 aromatic heterocycles. The summed E-state index contributed by atoms with van der Waals surface area (Å²) in [5.74, 6) is -0.265. The summed E-state index contributed by atoms with van der Waals surface area (Å²) in [4.78, 5) is 26.5. The molecule has 0 aliphatic carbocycles. The number of hydrogen-bond donors (Lipinski definition) is 0. The second-order valence-corrected chi connectivity index (χ2v) is 7.68. The maximum Gasteiger partial charge on any atom is 0.260 e. The first-order chi connectivity index (χ1) is 10.1. The van der Waals surface area contributed by atoms with Gasteiger partial charge in [0, 0.05) is 12.7 Å². The summed E-state index contributed by atoms with van der Waals surface area (Å²) in [7, 11) is 1.52. The van der Waals surface area contributed by atoms with E-state index in [1.807, 2.05) is 25.1 Å². The number of ketones is 1. The number of carbonyl (C=O) groups excluding carboxylic acids is 2. The van der Waals surface area contributed by atoms with Gasteiger partial charge in [-0.3, -0.25) is 14.5 Å². The van der Waals surface area contributed by atoms with Gasteiger partial charge >= 0.3 is 0 Å². The summed E-state index contributed by atoms with van der Waals surface area (Å²) in [5, 5.41) is -0.141. The molecule has 21 heavy (non-hydrogen) atoms. The third kappa shape index (κ3) is 2.25. The molecule has 0 spiro atoms. The number of thioether (sulfide) groups is 1. The fourth-order valence-electron chi connectivity index (χ4n) is 2.56. The summed E-state index contributed by atoms with van der Waals surface area (Å²) < 4.78 is 5.23. The SMILES string of the molecule is COC1C(=O)N2C(C(=O)c3ccccc3)=C(C)C(Br)S[C@@H]12. The van der Waals surface area contributed by atoms with E-state index in [1.165, 1.54) is 7.11 Å². The molecule has 1 aromatic carbocycles. The lowest BCUT2D eigenvalue weighted by atomic mass is 9.99. The van der Waals surface area contributed by atoms with E-state index in [-0.39, 0.29) is 21.2 Å². The molecule has 2 heterocycles. The number of rotatable bonds is 3. The van der Waals surface area contributed by atoms with Gasteiger partial charge in [-0.25, -0.2) is 0 Å². The van der Waals surface area contributed by atoms with Crippen molar-refractivity contribution in [1.82, 2.24) is 4.90 Å². The van der Waals surface area contributed by atoms with E-state index in [4.69, 9.17) is 4.74 Å². The number of halogens is 1. The van der Waals surface area contributed by atoms with Gasteiger partial charge in [-0.1, -0.05) is 46.3 Å². The Morgan fingerprint density at radius 2 is 2.00 bits per heavy atom. The number of nitrogens with zero attached hydrogens (tertiary/aromatic N) is 1. The van der Waals surface area contributed by atoms with Crippen LogP contribution in [-0.2, 0) is 9.53 Å². The number of ether oxygens (including phenoxy) is 1. The molecule has 0 N–H and O–H groups in total. The van der Waals surface area contributed by atoms with Gasteiger partial charge in [-0.05, 0) is 12.5 Å². The van der Waals surface area contributed by atoms with E-state index in [0.29, 0.717) is 11.3 Å². The Balaban J connectivity index is 2.01. The van der Waals surface area contributed by atoms with Crippen molar-refractivity contribution in [2.45, 2.75) is 22.6 Å². The molecule has 2 aliphatic rings. The predicted molar refractivity (Wildman–Crippen MR) is 85.2 cm³/mol. The van der Waals surface area contributed by atoms with Crippen LogP contribution in [0.2, 0.25) is 0 Å². The lowest BCUT2D eigenvalue weighted by Crippen LogP contribution is -2.65. The van der Waals surface area contributed by atoms with Crippen LogP contribution in [0, 0.1) is 0 Å². The van der Waals surface area contributed by atoms with Crippen LogP contribution in [0.25, 0.3) is 0 Å². The molecular formula is C15H14BrNO3S. The molecule has 1 fully saturated rings. The fraction of sp³-hybridized carbons (Fsp3) is 0.333. The first-order valence-electron chi connectivity index (χ1n) is 6.52.